The Labute approximate surface area is 176 Å². The van der Waals surface area contributed by atoms with Gasteiger partial charge in [0.25, 0.3) is 0 Å². The van der Waals surface area contributed by atoms with E-state index in [9.17, 15) is 9.59 Å². The van der Waals surface area contributed by atoms with E-state index in [0.29, 0.717) is 25.1 Å². The van der Waals surface area contributed by atoms with Gasteiger partial charge in [0.05, 0.1) is 6.04 Å². The molecule has 0 aromatic heterocycles. The summed E-state index contributed by atoms with van der Waals surface area (Å²) < 4.78 is 0. The van der Waals surface area contributed by atoms with Crippen molar-refractivity contribution in [1.29, 1.82) is 0 Å². The maximum absolute atomic E-state index is 13.0. The first-order valence-electron chi connectivity index (χ1n) is 10.3. The molecule has 1 heterocycles. The number of fused-ring (bicyclic) bond motifs is 1. The summed E-state index contributed by atoms with van der Waals surface area (Å²) in [6.07, 6.45) is 2.74. The second-order valence-corrected chi connectivity index (χ2v) is 7.66. The molecule has 2 aromatic carbocycles. The molecule has 7 N–H and O–H groups in total. The summed E-state index contributed by atoms with van der Waals surface area (Å²) in [6, 6.07) is 11.0. The number of rotatable bonds is 8. The molecule has 2 aromatic rings. The van der Waals surface area contributed by atoms with Crippen molar-refractivity contribution in [2.75, 3.05) is 18.4 Å². The molecule has 0 radical (unpaired) electrons. The maximum Gasteiger partial charge on any atom is 0.246 e. The molecular formula is C22H30N6O2. The van der Waals surface area contributed by atoms with Crippen molar-refractivity contribution in [3.8, 4) is 0 Å². The van der Waals surface area contributed by atoms with Crippen molar-refractivity contribution in [1.82, 2.24) is 10.6 Å². The molecule has 0 bridgehead atoms. The summed E-state index contributed by atoms with van der Waals surface area (Å²) in [5.41, 5.74) is 12.5. The molecule has 2 amide bonds. The fraction of sp³-hybridized carbons (Fsp3) is 0.409. The molecule has 0 aliphatic carbocycles. The zero-order valence-corrected chi connectivity index (χ0v) is 17.3. The van der Waals surface area contributed by atoms with Crippen LogP contribution in [0.15, 0.2) is 41.4 Å². The Morgan fingerprint density at radius 2 is 2.07 bits per heavy atom. The largest absolute Gasteiger partial charge is 0.370 e. The Hall–Kier alpha value is -3.13. The van der Waals surface area contributed by atoms with Crippen LogP contribution in [0.4, 0.5) is 5.69 Å². The van der Waals surface area contributed by atoms with E-state index >= 15 is 0 Å². The fourth-order valence-electron chi connectivity index (χ4n) is 3.76. The van der Waals surface area contributed by atoms with E-state index < -0.39 is 6.04 Å². The number of amides is 2. The van der Waals surface area contributed by atoms with E-state index in [-0.39, 0.29) is 23.8 Å². The van der Waals surface area contributed by atoms with Crippen LogP contribution in [0.1, 0.15) is 31.2 Å². The zero-order chi connectivity index (χ0) is 21.5. The second kappa shape index (κ2) is 10.1. The van der Waals surface area contributed by atoms with Crippen molar-refractivity contribution in [3.05, 3.63) is 42.0 Å². The van der Waals surface area contributed by atoms with Gasteiger partial charge in [-0.3, -0.25) is 14.6 Å². The van der Waals surface area contributed by atoms with Gasteiger partial charge in [-0.25, -0.2) is 0 Å². The lowest BCUT2D eigenvalue weighted by atomic mass is 10.0. The Morgan fingerprint density at radius 3 is 2.80 bits per heavy atom. The second-order valence-electron chi connectivity index (χ2n) is 7.66. The van der Waals surface area contributed by atoms with Gasteiger partial charge >= 0.3 is 0 Å². The summed E-state index contributed by atoms with van der Waals surface area (Å²) in [5.74, 6) is -0.383. The number of nitrogens with two attached hydrogens (primary N) is 2. The number of guanidine groups is 1. The number of aryl methyl sites for hydroxylation is 1. The predicted octanol–water partition coefficient (Wildman–Crippen LogP) is 1.38. The topological polar surface area (TPSA) is 135 Å². The molecule has 0 saturated carbocycles. The molecule has 30 heavy (non-hydrogen) atoms. The van der Waals surface area contributed by atoms with Gasteiger partial charge in [-0.15, -0.1) is 0 Å². The van der Waals surface area contributed by atoms with E-state index in [2.05, 4.69) is 27.0 Å². The molecule has 0 spiro atoms. The Bertz CT molecular complexity index is 932. The Kier molecular flexibility index (Phi) is 7.24. The van der Waals surface area contributed by atoms with Gasteiger partial charge in [-0.05, 0) is 67.6 Å². The number of carbonyl (C=O) groups excluding carboxylic acids is 2. The van der Waals surface area contributed by atoms with E-state index in [1.807, 2.05) is 37.3 Å². The third-order valence-corrected chi connectivity index (χ3v) is 5.29. The van der Waals surface area contributed by atoms with Crippen LogP contribution in [-0.2, 0) is 9.59 Å². The summed E-state index contributed by atoms with van der Waals surface area (Å²) >= 11 is 0. The summed E-state index contributed by atoms with van der Waals surface area (Å²) in [7, 11) is 0. The van der Waals surface area contributed by atoms with Crippen LogP contribution < -0.4 is 27.4 Å². The number of hydrogen-bond donors (Lipinski definition) is 5. The van der Waals surface area contributed by atoms with Gasteiger partial charge < -0.3 is 27.4 Å². The lowest BCUT2D eigenvalue weighted by Crippen LogP contribution is -2.49. The van der Waals surface area contributed by atoms with Gasteiger partial charge in [0, 0.05) is 12.2 Å². The number of aliphatic imine (C=N–C) groups is 1. The van der Waals surface area contributed by atoms with Crippen LogP contribution in [0.2, 0.25) is 0 Å². The summed E-state index contributed by atoms with van der Waals surface area (Å²) in [6.45, 7) is 3.23. The lowest BCUT2D eigenvalue weighted by molar-refractivity contribution is -0.127. The minimum atomic E-state index is -0.666. The van der Waals surface area contributed by atoms with Gasteiger partial charge in [-0.1, -0.05) is 24.3 Å². The zero-order valence-electron chi connectivity index (χ0n) is 17.3. The van der Waals surface area contributed by atoms with E-state index in [4.69, 9.17) is 11.5 Å². The maximum atomic E-state index is 13.0. The van der Waals surface area contributed by atoms with Crippen LogP contribution in [0.3, 0.4) is 0 Å². The highest BCUT2D eigenvalue weighted by molar-refractivity contribution is 6.00. The summed E-state index contributed by atoms with van der Waals surface area (Å²) in [4.78, 5) is 29.5. The fourth-order valence-corrected chi connectivity index (χ4v) is 3.76. The average Bonchev–Trinajstić information content (AvgIpc) is 3.25. The minimum Gasteiger partial charge on any atom is -0.370 e. The van der Waals surface area contributed by atoms with Gasteiger partial charge in [0.15, 0.2) is 5.96 Å². The summed E-state index contributed by atoms with van der Waals surface area (Å²) in [5, 5.41) is 11.2. The van der Waals surface area contributed by atoms with Crippen molar-refractivity contribution in [2.45, 2.75) is 44.7 Å². The number of carbonyl (C=O) groups is 2. The molecule has 1 aliphatic rings. The molecule has 8 nitrogen and oxygen atoms in total. The lowest BCUT2D eigenvalue weighted by Gasteiger charge is -2.21. The van der Waals surface area contributed by atoms with Gasteiger partial charge in [0.2, 0.25) is 11.8 Å². The average molecular weight is 411 g/mol. The SMILES string of the molecule is Cc1cc(NC(=O)[C@H](CCCN=C(N)N)NC(=O)[C@@H]2CCCN2)cc2ccccc12. The molecule has 3 rings (SSSR count). The highest BCUT2D eigenvalue weighted by Crippen LogP contribution is 2.23. The van der Waals surface area contributed by atoms with Crippen molar-refractivity contribution >= 4 is 34.2 Å². The number of anilines is 1. The molecule has 1 saturated heterocycles. The third-order valence-electron chi connectivity index (χ3n) is 5.29. The Balaban J connectivity index is 1.71. The Morgan fingerprint density at radius 1 is 1.27 bits per heavy atom. The normalized spacial score (nSPS) is 16.8. The molecule has 2 atom stereocenters. The van der Waals surface area contributed by atoms with Crippen LogP contribution >= 0.6 is 0 Å². The van der Waals surface area contributed by atoms with Crippen LogP contribution in [-0.4, -0.2) is 42.9 Å². The standard InChI is InChI=1S/C22H30N6O2/c1-14-12-16(13-15-6-2-3-7-17(14)15)27-21(30)19(9-5-11-26-22(23)24)28-20(29)18-8-4-10-25-18/h2-3,6-7,12-13,18-19,25H,4-5,8-11H2,1H3,(H,27,30)(H,28,29)(H4,23,24,26)/t18-,19-/m0/s1. The number of nitrogens with zero attached hydrogens (tertiary/aromatic N) is 1. The van der Waals surface area contributed by atoms with E-state index in [1.165, 1.54) is 0 Å². The number of nitrogens with one attached hydrogen (secondary N) is 3. The molecule has 0 unspecified atom stereocenters. The third kappa shape index (κ3) is 5.70. The first-order chi connectivity index (χ1) is 14.4. The van der Waals surface area contributed by atoms with Gasteiger partial charge in [-0.2, -0.15) is 0 Å². The molecule has 1 aliphatic heterocycles. The van der Waals surface area contributed by atoms with E-state index in [0.717, 1.165) is 35.7 Å². The first kappa shape index (κ1) is 21.6. The van der Waals surface area contributed by atoms with Crippen LogP contribution in [0.25, 0.3) is 10.8 Å². The number of hydrogen-bond acceptors (Lipinski definition) is 4. The molecule has 1 fully saturated rings. The molecule has 160 valence electrons. The smallest absolute Gasteiger partial charge is 0.246 e. The van der Waals surface area contributed by atoms with Crippen LogP contribution in [0.5, 0.6) is 0 Å². The predicted molar refractivity (Wildman–Crippen MR) is 120 cm³/mol. The molecule has 8 heteroatoms. The highest BCUT2D eigenvalue weighted by Gasteiger charge is 2.27. The molecular weight excluding hydrogens is 380 g/mol. The van der Waals surface area contributed by atoms with Crippen molar-refractivity contribution in [2.24, 2.45) is 16.5 Å². The highest BCUT2D eigenvalue weighted by atomic mass is 16.2. The van der Waals surface area contributed by atoms with Crippen molar-refractivity contribution < 1.29 is 9.59 Å². The minimum absolute atomic E-state index is 0.0156. The monoisotopic (exact) mass is 410 g/mol. The van der Waals surface area contributed by atoms with E-state index in [1.54, 1.807) is 0 Å². The van der Waals surface area contributed by atoms with Gasteiger partial charge in [0.1, 0.15) is 6.04 Å². The first-order valence-corrected chi connectivity index (χ1v) is 10.3. The number of benzene rings is 2. The van der Waals surface area contributed by atoms with Crippen molar-refractivity contribution in [3.63, 3.8) is 0 Å². The quantitative estimate of drug-likeness (QED) is 0.255. The van der Waals surface area contributed by atoms with Crippen LogP contribution in [0, 0.1) is 6.92 Å².